The van der Waals surface area contributed by atoms with Crippen molar-refractivity contribution in [2.24, 2.45) is 0 Å². The van der Waals surface area contributed by atoms with Gasteiger partial charge >= 0.3 is 11.9 Å². The zero-order valence-corrected chi connectivity index (χ0v) is 42.1. The number of carbonyl (C=O) groups excluding carboxylic acids is 2. The quantitative estimate of drug-likeness (QED) is 0.0346. The summed E-state index contributed by atoms with van der Waals surface area (Å²) in [5.74, 6) is -0.629. The van der Waals surface area contributed by atoms with Gasteiger partial charge in [-0.1, -0.05) is 217 Å². The Bertz CT molecular complexity index is 1490. The summed E-state index contributed by atoms with van der Waals surface area (Å²) in [5.41, 5.74) is 0. The molecule has 5 heteroatoms. The van der Waals surface area contributed by atoms with Crippen LogP contribution < -0.4 is 0 Å². The minimum absolute atomic E-state index is 0.00168. The van der Waals surface area contributed by atoms with Gasteiger partial charge in [-0.05, 0) is 116 Å². The third kappa shape index (κ3) is 52.1. The van der Waals surface area contributed by atoms with Crippen LogP contribution in [0, 0.1) is 0 Å². The van der Waals surface area contributed by atoms with Crippen molar-refractivity contribution in [1.29, 1.82) is 0 Å². The second kappa shape index (κ2) is 54.9. The van der Waals surface area contributed by atoms with Crippen LogP contribution in [0.25, 0.3) is 0 Å². The maximum Gasteiger partial charge on any atom is 0.310 e. The first-order valence-corrected chi connectivity index (χ1v) is 26.0. The molecule has 0 fully saturated rings. The lowest BCUT2D eigenvalue weighted by atomic mass is 10.1. The topological polar surface area (TPSA) is 61.8 Å². The summed E-state index contributed by atoms with van der Waals surface area (Å²) in [5, 5.41) is 0. The molecule has 368 valence electrons. The van der Waals surface area contributed by atoms with Gasteiger partial charge in [-0.15, -0.1) is 0 Å². The van der Waals surface area contributed by atoms with Gasteiger partial charge in [-0.3, -0.25) is 9.59 Å². The highest BCUT2D eigenvalue weighted by atomic mass is 16.6. The van der Waals surface area contributed by atoms with Gasteiger partial charge in [0, 0.05) is 13.0 Å². The van der Waals surface area contributed by atoms with E-state index in [9.17, 15) is 9.59 Å². The fraction of sp³-hybridized carbons (Fsp3) is 0.541. The Kier molecular flexibility index (Phi) is 51.1. The van der Waals surface area contributed by atoms with E-state index in [4.69, 9.17) is 14.2 Å². The first-order valence-electron chi connectivity index (χ1n) is 26.0. The molecule has 0 N–H and O–H groups in total. The Hall–Kier alpha value is -4.48. The molecule has 0 bridgehead atoms. The maximum atomic E-state index is 12.8. The number of hydrogen-bond acceptors (Lipinski definition) is 5. The molecule has 0 amide bonds. The summed E-state index contributed by atoms with van der Waals surface area (Å²) >= 11 is 0. The number of rotatable bonds is 45. The molecule has 0 radical (unpaired) electrons. The SMILES string of the molecule is CC/C=C\C/C=C\C/C=C\C/C=C\C/C=C\CCCC(=O)OCC(COCCCCCCCCCC/C=C\C/C=C\C/C=C\CC)OC(=O)C/C=C\C/C=C\C/C=C\C/C=C\C/C=C\CC. The van der Waals surface area contributed by atoms with Crippen molar-refractivity contribution in [3.8, 4) is 0 Å². The smallest absolute Gasteiger partial charge is 0.310 e. The van der Waals surface area contributed by atoms with Gasteiger partial charge in [0.1, 0.15) is 6.61 Å². The first kappa shape index (κ1) is 61.5. The second-order valence-corrected chi connectivity index (χ2v) is 16.3. The van der Waals surface area contributed by atoms with Crippen molar-refractivity contribution in [2.75, 3.05) is 19.8 Å². The summed E-state index contributed by atoms with van der Waals surface area (Å²) in [7, 11) is 0. The van der Waals surface area contributed by atoms with Crippen LogP contribution in [0.2, 0.25) is 0 Å². The number of carbonyl (C=O) groups is 2. The Morgan fingerprint density at radius 2 is 0.682 bits per heavy atom. The van der Waals surface area contributed by atoms with Crippen LogP contribution in [0.15, 0.2) is 158 Å². The molecule has 1 unspecified atom stereocenters. The zero-order chi connectivity index (χ0) is 47.7. The van der Waals surface area contributed by atoms with Gasteiger partial charge in [0.2, 0.25) is 0 Å². The molecular formula is C61H94O5. The normalized spacial score (nSPS) is 13.6. The molecule has 0 aromatic rings. The van der Waals surface area contributed by atoms with Gasteiger partial charge in [0.15, 0.2) is 6.10 Å². The number of esters is 2. The molecule has 0 rings (SSSR count). The monoisotopic (exact) mass is 907 g/mol. The van der Waals surface area contributed by atoms with Crippen LogP contribution in [-0.4, -0.2) is 37.9 Å². The molecule has 0 aromatic carbocycles. The van der Waals surface area contributed by atoms with Gasteiger partial charge in [-0.2, -0.15) is 0 Å². The molecule has 5 nitrogen and oxygen atoms in total. The number of unbranched alkanes of at least 4 members (excludes halogenated alkanes) is 9. The summed E-state index contributed by atoms with van der Waals surface area (Å²) < 4.78 is 17.2. The fourth-order valence-electron chi connectivity index (χ4n) is 6.34. The average molecular weight is 907 g/mol. The molecule has 66 heavy (non-hydrogen) atoms. The van der Waals surface area contributed by atoms with E-state index in [1.165, 1.54) is 44.9 Å². The lowest BCUT2D eigenvalue weighted by molar-refractivity contribution is -0.162. The highest BCUT2D eigenvalue weighted by Crippen LogP contribution is 2.11. The average Bonchev–Trinajstić information content (AvgIpc) is 3.32. The summed E-state index contributed by atoms with van der Waals surface area (Å²) in [6, 6.07) is 0. The van der Waals surface area contributed by atoms with Crippen LogP contribution in [0.1, 0.15) is 188 Å². The molecule has 0 aliphatic carbocycles. The molecule has 0 saturated carbocycles. The standard InChI is InChI=1S/C61H94O5/c1-4-7-10-13-16-19-22-25-28-30-32-35-38-41-44-47-50-53-56-64-57-59(66-61(63)55-52-49-46-43-40-37-33-27-24-21-18-15-12-9-6-3)58-65-60(62)54-51-48-45-42-39-36-34-31-29-26-23-20-17-14-11-8-5-2/h7-12,16-21,25-29,33-34,36,40,42-43,45,49,52,59H,4-6,13-15,22-24,30-32,35,37-39,41,44,46-48,50-51,53-58H2,1-3H3/b10-7-,11-8-,12-9-,19-16-,20-17-,21-18-,28-25-,29-26-,33-27-,36-34-,43-40-,45-42-,52-49-. The molecule has 0 heterocycles. The van der Waals surface area contributed by atoms with Crippen molar-refractivity contribution in [1.82, 2.24) is 0 Å². The van der Waals surface area contributed by atoms with Gasteiger partial charge < -0.3 is 14.2 Å². The second-order valence-electron chi connectivity index (χ2n) is 16.3. The van der Waals surface area contributed by atoms with E-state index in [1.54, 1.807) is 0 Å². The minimum Gasteiger partial charge on any atom is -0.462 e. The molecule has 0 aliphatic rings. The van der Waals surface area contributed by atoms with Crippen molar-refractivity contribution in [3.05, 3.63) is 158 Å². The lowest BCUT2D eigenvalue weighted by Gasteiger charge is -2.18. The summed E-state index contributed by atoms with van der Waals surface area (Å²) in [6.45, 7) is 7.28. The minimum atomic E-state index is -0.630. The lowest BCUT2D eigenvalue weighted by Crippen LogP contribution is -2.29. The fourth-order valence-corrected chi connectivity index (χ4v) is 6.34. The van der Waals surface area contributed by atoms with E-state index in [2.05, 4.69) is 167 Å². The zero-order valence-electron chi connectivity index (χ0n) is 42.1. The predicted molar refractivity (Wildman–Crippen MR) is 288 cm³/mol. The highest BCUT2D eigenvalue weighted by Gasteiger charge is 2.17. The third-order valence-electron chi connectivity index (χ3n) is 10.1. The molecular weight excluding hydrogens is 813 g/mol. The van der Waals surface area contributed by atoms with Crippen molar-refractivity contribution < 1.29 is 23.8 Å². The van der Waals surface area contributed by atoms with Crippen LogP contribution >= 0.6 is 0 Å². The Labute approximate surface area is 405 Å². The van der Waals surface area contributed by atoms with Crippen molar-refractivity contribution in [2.45, 2.75) is 194 Å². The van der Waals surface area contributed by atoms with E-state index in [1.807, 2.05) is 12.2 Å². The van der Waals surface area contributed by atoms with E-state index >= 15 is 0 Å². The van der Waals surface area contributed by atoms with E-state index in [0.717, 1.165) is 103 Å². The molecule has 0 saturated heterocycles. The van der Waals surface area contributed by atoms with E-state index < -0.39 is 6.10 Å². The van der Waals surface area contributed by atoms with E-state index in [0.29, 0.717) is 19.4 Å². The molecule has 0 spiro atoms. The number of ether oxygens (including phenoxy) is 3. The molecule has 0 aliphatic heterocycles. The Morgan fingerprint density at radius 1 is 0.348 bits per heavy atom. The van der Waals surface area contributed by atoms with Crippen LogP contribution in [-0.2, 0) is 23.8 Å². The molecule has 1 atom stereocenters. The Morgan fingerprint density at radius 3 is 1.09 bits per heavy atom. The van der Waals surface area contributed by atoms with Crippen LogP contribution in [0.4, 0.5) is 0 Å². The summed E-state index contributed by atoms with van der Waals surface area (Å²) in [6.07, 6.45) is 81.4. The van der Waals surface area contributed by atoms with Crippen molar-refractivity contribution >= 4 is 11.9 Å². The predicted octanol–water partition coefficient (Wildman–Crippen LogP) is 17.9. The van der Waals surface area contributed by atoms with Gasteiger partial charge in [0.25, 0.3) is 0 Å². The summed E-state index contributed by atoms with van der Waals surface area (Å²) in [4.78, 5) is 25.3. The third-order valence-corrected chi connectivity index (χ3v) is 10.1. The maximum absolute atomic E-state index is 12.8. The Balaban J connectivity index is 4.52. The van der Waals surface area contributed by atoms with E-state index in [-0.39, 0.29) is 31.6 Å². The van der Waals surface area contributed by atoms with Crippen molar-refractivity contribution in [3.63, 3.8) is 0 Å². The molecule has 0 aromatic heterocycles. The highest BCUT2D eigenvalue weighted by molar-refractivity contribution is 5.71. The first-order chi connectivity index (χ1) is 32.6. The number of hydrogen-bond donors (Lipinski definition) is 0. The largest absolute Gasteiger partial charge is 0.462 e. The number of allylic oxidation sites excluding steroid dienone is 25. The van der Waals surface area contributed by atoms with Gasteiger partial charge in [-0.25, -0.2) is 0 Å². The van der Waals surface area contributed by atoms with Gasteiger partial charge in [0.05, 0.1) is 13.0 Å². The van der Waals surface area contributed by atoms with Crippen LogP contribution in [0.5, 0.6) is 0 Å². The van der Waals surface area contributed by atoms with Crippen LogP contribution in [0.3, 0.4) is 0 Å².